The molecule has 72 valence electrons. The SMILES string of the molecule is C=CC(=O)NCC(=O)OCC(C)=O. The summed E-state index contributed by atoms with van der Waals surface area (Å²) in [6.07, 6.45) is 1.04. The zero-order valence-electron chi connectivity index (χ0n) is 7.33. The first-order chi connectivity index (χ1) is 6.06. The van der Waals surface area contributed by atoms with Crippen molar-refractivity contribution < 1.29 is 19.1 Å². The van der Waals surface area contributed by atoms with Gasteiger partial charge in [-0.3, -0.25) is 14.4 Å². The molecule has 1 amide bonds. The normalized spacial score (nSPS) is 8.69. The maximum atomic E-state index is 10.7. The van der Waals surface area contributed by atoms with E-state index >= 15 is 0 Å². The van der Waals surface area contributed by atoms with Gasteiger partial charge in [0, 0.05) is 0 Å². The highest BCUT2D eigenvalue weighted by Crippen LogP contribution is 1.78. The summed E-state index contributed by atoms with van der Waals surface area (Å²) in [4.78, 5) is 31.7. The molecule has 5 heteroatoms. The van der Waals surface area contributed by atoms with Crippen molar-refractivity contribution in [2.24, 2.45) is 0 Å². The molecule has 0 aliphatic rings. The van der Waals surface area contributed by atoms with Gasteiger partial charge in [0.2, 0.25) is 5.91 Å². The molecule has 0 aromatic carbocycles. The highest BCUT2D eigenvalue weighted by Gasteiger charge is 2.04. The van der Waals surface area contributed by atoms with Crippen molar-refractivity contribution in [2.75, 3.05) is 13.2 Å². The van der Waals surface area contributed by atoms with Gasteiger partial charge in [0.05, 0.1) is 0 Å². The first-order valence-corrected chi connectivity index (χ1v) is 3.61. The molecule has 0 bridgehead atoms. The fourth-order valence-corrected chi connectivity index (χ4v) is 0.465. The fourth-order valence-electron chi connectivity index (χ4n) is 0.465. The molecule has 1 N–H and O–H groups in total. The van der Waals surface area contributed by atoms with E-state index in [2.05, 4.69) is 16.6 Å². The van der Waals surface area contributed by atoms with E-state index in [1.807, 2.05) is 0 Å². The summed E-state index contributed by atoms with van der Waals surface area (Å²) in [6, 6.07) is 0. The second kappa shape index (κ2) is 5.93. The van der Waals surface area contributed by atoms with E-state index < -0.39 is 11.9 Å². The number of Topliss-reactive ketones (excluding diaryl/α,β-unsaturated/α-hetero) is 1. The van der Waals surface area contributed by atoms with Gasteiger partial charge in [0.1, 0.15) is 13.2 Å². The molecule has 0 saturated heterocycles. The van der Waals surface area contributed by atoms with Crippen LogP contribution in [-0.4, -0.2) is 30.8 Å². The Labute approximate surface area is 75.8 Å². The van der Waals surface area contributed by atoms with Gasteiger partial charge in [-0.15, -0.1) is 0 Å². The Hall–Kier alpha value is -1.65. The molecule has 0 spiro atoms. The van der Waals surface area contributed by atoms with Gasteiger partial charge in [0.15, 0.2) is 5.78 Å². The zero-order chi connectivity index (χ0) is 10.3. The Morgan fingerprint density at radius 1 is 1.46 bits per heavy atom. The summed E-state index contributed by atoms with van der Waals surface area (Å²) in [5.74, 6) is -1.35. The van der Waals surface area contributed by atoms with Crippen molar-refractivity contribution in [2.45, 2.75) is 6.92 Å². The van der Waals surface area contributed by atoms with Crippen LogP contribution in [0.2, 0.25) is 0 Å². The van der Waals surface area contributed by atoms with Crippen LogP contribution in [0.15, 0.2) is 12.7 Å². The first kappa shape index (κ1) is 11.4. The third kappa shape index (κ3) is 6.74. The highest BCUT2D eigenvalue weighted by molar-refractivity contribution is 5.90. The van der Waals surface area contributed by atoms with Crippen molar-refractivity contribution in [3.8, 4) is 0 Å². The van der Waals surface area contributed by atoms with Gasteiger partial charge in [0.25, 0.3) is 0 Å². The average Bonchev–Trinajstić information content (AvgIpc) is 2.10. The maximum Gasteiger partial charge on any atom is 0.325 e. The maximum absolute atomic E-state index is 10.7. The van der Waals surface area contributed by atoms with Gasteiger partial charge in [-0.25, -0.2) is 0 Å². The van der Waals surface area contributed by atoms with E-state index in [1.54, 1.807) is 0 Å². The number of hydrogen-bond donors (Lipinski definition) is 1. The van der Waals surface area contributed by atoms with E-state index in [0.717, 1.165) is 6.08 Å². The molecule has 0 fully saturated rings. The molecular formula is C8H11NO4. The Kier molecular flexibility index (Phi) is 5.18. The Bertz CT molecular complexity index is 234. The first-order valence-electron chi connectivity index (χ1n) is 3.61. The van der Waals surface area contributed by atoms with Crippen LogP contribution < -0.4 is 5.32 Å². The third-order valence-corrected chi connectivity index (χ3v) is 1.03. The molecule has 0 aromatic rings. The van der Waals surface area contributed by atoms with Crippen LogP contribution in [0, 0.1) is 0 Å². The highest BCUT2D eigenvalue weighted by atomic mass is 16.5. The van der Waals surface area contributed by atoms with E-state index in [0.29, 0.717) is 0 Å². The molecule has 0 atom stereocenters. The third-order valence-electron chi connectivity index (χ3n) is 1.03. The summed E-state index contributed by atoms with van der Waals surface area (Å²) in [7, 11) is 0. The van der Waals surface area contributed by atoms with E-state index in [1.165, 1.54) is 6.92 Å². The summed E-state index contributed by atoms with van der Waals surface area (Å²) in [5, 5.41) is 2.21. The molecule has 0 saturated carbocycles. The number of ether oxygens (including phenoxy) is 1. The second-order valence-corrected chi connectivity index (χ2v) is 2.28. The number of ketones is 1. The Morgan fingerprint density at radius 3 is 2.54 bits per heavy atom. The number of hydrogen-bond acceptors (Lipinski definition) is 4. The molecule has 0 heterocycles. The van der Waals surface area contributed by atoms with Crippen molar-refractivity contribution in [1.82, 2.24) is 5.32 Å². The van der Waals surface area contributed by atoms with Crippen molar-refractivity contribution in [3.63, 3.8) is 0 Å². The molecule has 0 rings (SSSR count). The standard InChI is InChI=1S/C8H11NO4/c1-3-7(11)9-4-8(12)13-5-6(2)10/h3H,1,4-5H2,2H3,(H,9,11). The molecule has 0 aromatic heterocycles. The number of amides is 1. The van der Waals surface area contributed by atoms with Crippen LogP contribution in [0.4, 0.5) is 0 Å². The number of esters is 1. The second-order valence-electron chi connectivity index (χ2n) is 2.28. The average molecular weight is 185 g/mol. The molecule has 0 unspecified atom stereocenters. The van der Waals surface area contributed by atoms with Crippen LogP contribution >= 0.6 is 0 Å². The monoisotopic (exact) mass is 185 g/mol. The van der Waals surface area contributed by atoms with E-state index in [9.17, 15) is 14.4 Å². The molecular weight excluding hydrogens is 174 g/mol. The van der Waals surface area contributed by atoms with Gasteiger partial charge in [-0.05, 0) is 13.0 Å². The summed E-state index contributed by atoms with van der Waals surface area (Å²) < 4.78 is 4.46. The molecule has 0 aliphatic carbocycles. The quantitative estimate of drug-likeness (QED) is 0.459. The van der Waals surface area contributed by atoms with E-state index in [4.69, 9.17) is 0 Å². The summed E-state index contributed by atoms with van der Waals surface area (Å²) in [5.41, 5.74) is 0. The molecule has 5 nitrogen and oxygen atoms in total. The lowest BCUT2D eigenvalue weighted by molar-refractivity contribution is -0.147. The minimum absolute atomic E-state index is 0.247. The van der Waals surface area contributed by atoms with Crippen LogP contribution in [-0.2, 0) is 19.1 Å². The predicted octanol–water partition coefficient (Wildman–Crippen LogP) is -0.579. The fraction of sp³-hybridized carbons (Fsp3) is 0.375. The lowest BCUT2D eigenvalue weighted by Crippen LogP contribution is -2.29. The van der Waals surface area contributed by atoms with Crippen molar-refractivity contribution in [3.05, 3.63) is 12.7 Å². The van der Waals surface area contributed by atoms with Gasteiger partial charge in [-0.2, -0.15) is 0 Å². The molecule has 0 radical (unpaired) electrons. The van der Waals surface area contributed by atoms with Crippen molar-refractivity contribution in [1.29, 1.82) is 0 Å². The van der Waals surface area contributed by atoms with E-state index in [-0.39, 0.29) is 18.9 Å². The topological polar surface area (TPSA) is 72.5 Å². The minimum Gasteiger partial charge on any atom is -0.456 e. The Morgan fingerprint density at radius 2 is 2.08 bits per heavy atom. The molecule has 13 heavy (non-hydrogen) atoms. The van der Waals surface area contributed by atoms with Gasteiger partial charge in [-0.1, -0.05) is 6.58 Å². The lowest BCUT2D eigenvalue weighted by atomic mass is 10.5. The summed E-state index contributed by atoms with van der Waals surface area (Å²) >= 11 is 0. The van der Waals surface area contributed by atoms with Gasteiger partial charge >= 0.3 is 5.97 Å². The summed E-state index contributed by atoms with van der Waals surface area (Å²) in [6.45, 7) is 3.98. The molecule has 0 aliphatic heterocycles. The van der Waals surface area contributed by atoms with Crippen molar-refractivity contribution >= 4 is 17.7 Å². The van der Waals surface area contributed by atoms with Crippen LogP contribution in [0.5, 0.6) is 0 Å². The minimum atomic E-state index is -0.648. The van der Waals surface area contributed by atoms with Crippen LogP contribution in [0.3, 0.4) is 0 Å². The van der Waals surface area contributed by atoms with Crippen LogP contribution in [0.1, 0.15) is 6.92 Å². The van der Waals surface area contributed by atoms with Gasteiger partial charge < -0.3 is 10.1 Å². The number of carbonyl (C=O) groups is 3. The zero-order valence-corrected chi connectivity index (χ0v) is 7.33. The largest absolute Gasteiger partial charge is 0.456 e. The lowest BCUT2D eigenvalue weighted by Gasteiger charge is -2.02. The number of nitrogens with one attached hydrogen (secondary N) is 1. The number of carbonyl (C=O) groups excluding carboxylic acids is 3. The predicted molar refractivity (Wildman–Crippen MR) is 44.8 cm³/mol. The smallest absolute Gasteiger partial charge is 0.325 e. The Balaban J connectivity index is 3.57. The van der Waals surface area contributed by atoms with Crippen LogP contribution in [0.25, 0.3) is 0 Å². The number of rotatable bonds is 5.